The maximum absolute atomic E-state index is 11.2. The van der Waals surface area contributed by atoms with Gasteiger partial charge < -0.3 is 4.74 Å². The lowest BCUT2D eigenvalue weighted by molar-refractivity contribution is -0.124. The number of methoxy groups -OCH3 is 1. The van der Waals surface area contributed by atoms with Crippen molar-refractivity contribution in [2.24, 2.45) is 0 Å². The van der Waals surface area contributed by atoms with E-state index in [9.17, 15) is 10.0 Å². The highest BCUT2D eigenvalue weighted by atomic mass is 16.5. The summed E-state index contributed by atoms with van der Waals surface area (Å²) in [6, 6.07) is 5.25. The van der Waals surface area contributed by atoms with Crippen molar-refractivity contribution in [3.05, 3.63) is 23.8 Å². The molecule has 1 amide bonds. The molecule has 1 heterocycles. The fraction of sp³-hybridized carbons (Fsp3) is 0.300. The lowest BCUT2D eigenvalue weighted by Gasteiger charge is -2.23. The number of hydroxylamine groups is 1. The molecule has 0 aromatic heterocycles. The van der Waals surface area contributed by atoms with Gasteiger partial charge in [0, 0.05) is 6.42 Å². The molecule has 0 fully saturated rings. The van der Waals surface area contributed by atoms with E-state index in [1.165, 1.54) is 0 Å². The lowest BCUT2D eigenvalue weighted by Crippen LogP contribution is -2.31. The largest absolute Gasteiger partial charge is 0.497 e. The predicted molar refractivity (Wildman–Crippen MR) is 50.6 cm³/mol. The molecule has 1 aliphatic heterocycles. The number of nitrogens with zero attached hydrogens (tertiary/aromatic N) is 1. The van der Waals surface area contributed by atoms with Crippen LogP contribution < -0.4 is 9.80 Å². The van der Waals surface area contributed by atoms with E-state index in [1.54, 1.807) is 19.2 Å². The first-order valence-electron chi connectivity index (χ1n) is 4.41. The Morgan fingerprint density at radius 1 is 1.43 bits per heavy atom. The Labute approximate surface area is 81.7 Å². The molecule has 2 rings (SSSR count). The molecule has 74 valence electrons. The number of hydrogen-bond donors (Lipinski definition) is 1. The average Bonchev–Trinajstić information content (AvgIpc) is 2.23. The zero-order valence-electron chi connectivity index (χ0n) is 7.86. The van der Waals surface area contributed by atoms with Gasteiger partial charge in [0.05, 0.1) is 12.8 Å². The summed E-state index contributed by atoms with van der Waals surface area (Å²) in [4.78, 5) is 11.2. The summed E-state index contributed by atoms with van der Waals surface area (Å²) >= 11 is 0. The fourth-order valence-corrected chi connectivity index (χ4v) is 1.58. The number of aryl methyl sites for hydroxylation is 1. The van der Waals surface area contributed by atoms with Crippen LogP contribution in [0.3, 0.4) is 0 Å². The molecule has 4 nitrogen and oxygen atoms in total. The second-order valence-corrected chi connectivity index (χ2v) is 3.20. The van der Waals surface area contributed by atoms with Crippen molar-refractivity contribution in [3.63, 3.8) is 0 Å². The van der Waals surface area contributed by atoms with Crippen molar-refractivity contribution in [1.29, 1.82) is 0 Å². The molecule has 0 saturated heterocycles. The normalized spacial score (nSPS) is 15.3. The van der Waals surface area contributed by atoms with Gasteiger partial charge in [0.2, 0.25) is 0 Å². The first-order valence-corrected chi connectivity index (χ1v) is 4.41. The quantitative estimate of drug-likeness (QED) is 0.685. The maximum Gasteiger partial charge on any atom is 0.251 e. The van der Waals surface area contributed by atoms with Crippen molar-refractivity contribution in [3.8, 4) is 5.75 Å². The molecule has 1 N–H and O–H groups in total. The van der Waals surface area contributed by atoms with Gasteiger partial charge in [-0.25, -0.2) is 0 Å². The number of fused-ring (bicyclic) bond motifs is 1. The number of ether oxygens (including phenoxy) is 1. The number of amides is 1. The molecule has 1 aliphatic rings. The summed E-state index contributed by atoms with van der Waals surface area (Å²) < 4.78 is 5.06. The Morgan fingerprint density at radius 3 is 2.93 bits per heavy atom. The summed E-state index contributed by atoms with van der Waals surface area (Å²) in [5.41, 5.74) is 1.49. The highest BCUT2D eigenvalue weighted by Gasteiger charge is 2.22. The SMILES string of the molecule is COc1ccc2c(c1)CCC(=O)N2O. The Balaban J connectivity index is 2.43. The third kappa shape index (κ3) is 1.33. The standard InChI is InChI=1S/C10H11NO3/c1-14-8-3-4-9-7(6-8)2-5-10(12)11(9)13/h3-4,6,13H,2,5H2,1H3. The van der Waals surface area contributed by atoms with Crippen molar-refractivity contribution in [2.45, 2.75) is 12.8 Å². The second-order valence-electron chi connectivity index (χ2n) is 3.20. The highest BCUT2D eigenvalue weighted by Crippen LogP contribution is 2.29. The van der Waals surface area contributed by atoms with Gasteiger partial charge >= 0.3 is 0 Å². The minimum absolute atomic E-state index is 0.261. The Bertz CT molecular complexity index is 376. The van der Waals surface area contributed by atoms with E-state index < -0.39 is 0 Å². The van der Waals surface area contributed by atoms with E-state index in [0.717, 1.165) is 11.3 Å². The summed E-state index contributed by atoms with van der Waals surface area (Å²) in [5, 5.41) is 10.1. The number of carbonyl (C=O) groups excluding carboxylic acids is 1. The van der Waals surface area contributed by atoms with E-state index in [1.807, 2.05) is 6.07 Å². The van der Waals surface area contributed by atoms with Gasteiger partial charge in [-0.3, -0.25) is 10.0 Å². The van der Waals surface area contributed by atoms with E-state index >= 15 is 0 Å². The monoisotopic (exact) mass is 193 g/mol. The van der Waals surface area contributed by atoms with Crippen molar-refractivity contribution in [1.82, 2.24) is 0 Å². The third-order valence-corrected chi connectivity index (χ3v) is 2.36. The minimum Gasteiger partial charge on any atom is -0.497 e. The maximum atomic E-state index is 11.2. The molecule has 4 heteroatoms. The molecule has 14 heavy (non-hydrogen) atoms. The molecule has 0 atom stereocenters. The summed E-state index contributed by atoms with van der Waals surface area (Å²) in [6.45, 7) is 0. The molecule has 0 unspecified atom stereocenters. The average molecular weight is 193 g/mol. The molecule has 0 saturated carbocycles. The smallest absolute Gasteiger partial charge is 0.251 e. The number of anilines is 1. The van der Waals surface area contributed by atoms with Crippen LogP contribution in [0, 0.1) is 0 Å². The van der Waals surface area contributed by atoms with Crippen LogP contribution in [0.1, 0.15) is 12.0 Å². The molecule has 0 bridgehead atoms. The van der Waals surface area contributed by atoms with Crippen LogP contribution in [0.15, 0.2) is 18.2 Å². The minimum atomic E-state index is -0.261. The van der Waals surface area contributed by atoms with Crippen LogP contribution in [0.4, 0.5) is 5.69 Å². The van der Waals surface area contributed by atoms with Crippen LogP contribution >= 0.6 is 0 Å². The van der Waals surface area contributed by atoms with E-state index in [-0.39, 0.29) is 5.91 Å². The van der Waals surface area contributed by atoms with Crippen LogP contribution in [0.2, 0.25) is 0 Å². The second kappa shape index (κ2) is 3.31. The third-order valence-electron chi connectivity index (χ3n) is 2.36. The highest BCUT2D eigenvalue weighted by molar-refractivity contribution is 5.94. The van der Waals surface area contributed by atoms with Crippen molar-refractivity contribution >= 4 is 11.6 Å². The molecule has 0 radical (unpaired) electrons. The number of rotatable bonds is 1. The summed E-state index contributed by atoms with van der Waals surface area (Å²) in [5.74, 6) is 0.481. The van der Waals surface area contributed by atoms with Gasteiger partial charge in [-0.15, -0.1) is 0 Å². The molecular formula is C10H11NO3. The topological polar surface area (TPSA) is 49.8 Å². The molecular weight excluding hydrogens is 182 g/mol. The van der Waals surface area contributed by atoms with Gasteiger partial charge in [0.1, 0.15) is 5.75 Å². The van der Waals surface area contributed by atoms with Gasteiger partial charge in [-0.1, -0.05) is 0 Å². The Kier molecular flexibility index (Phi) is 2.13. The van der Waals surface area contributed by atoms with Crippen molar-refractivity contribution < 1.29 is 14.7 Å². The predicted octanol–water partition coefficient (Wildman–Crippen LogP) is 1.36. The fourth-order valence-electron chi connectivity index (χ4n) is 1.58. The Morgan fingerprint density at radius 2 is 2.21 bits per heavy atom. The zero-order chi connectivity index (χ0) is 10.1. The van der Waals surface area contributed by atoms with Crippen LogP contribution in [0.25, 0.3) is 0 Å². The van der Waals surface area contributed by atoms with Gasteiger partial charge in [-0.2, -0.15) is 5.06 Å². The van der Waals surface area contributed by atoms with Crippen LogP contribution in [-0.4, -0.2) is 18.2 Å². The summed E-state index contributed by atoms with van der Waals surface area (Å²) in [7, 11) is 1.59. The number of carbonyl (C=O) groups is 1. The van der Waals surface area contributed by atoms with E-state index in [2.05, 4.69) is 0 Å². The van der Waals surface area contributed by atoms with Crippen molar-refractivity contribution in [2.75, 3.05) is 12.2 Å². The number of hydrogen-bond acceptors (Lipinski definition) is 3. The molecule has 0 spiro atoms. The number of benzene rings is 1. The van der Waals surface area contributed by atoms with Crippen LogP contribution in [-0.2, 0) is 11.2 Å². The van der Waals surface area contributed by atoms with E-state index in [0.29, 0.717) is 23.6 Å². The van der Waals surface area contributed by atoms with Gasteiger partial charge in [-0.05, 0) is 30.2 Å². The summed E-state index contributed by atoms with van der Waals surface area (Å²) in [6.07, 6.45) is 0.999. The Hall–Kier alpha value is -1.55. The molecule has 1 aromatic rings. The zero-order valence-corrected chi connectivity index (χ0v) is 7.86. The first kappa shape index (κ1) is 9.02. The van der Waals surface area contributed by atoms with Gasteiger partial charge in [0.25, 0.3) is 5.91 Å². The van der Waals surface area contributed by atoms with Crippen LogP contribution in [0.5, 0.6) is 5.75 Å². The lowest BCUT2D eigenvalue weighted by atomic mass is 10.0. The van der Waals surface area contributed by atoms with E-state index in [4.69, 9.17) is 4.74 Å². The molecule has 0 aliphatic carbocycles. The van der Waals surface area contributed by atoms with Gasteiger partial charge in [0.15, 0.2) is 0 Å². The molecule has 1 aromatic carbocycles. The first-order chi connectivity index (χ1) is 6.72.